The molecule has 0 aliphatic heterocycles. The van der Waals surface area contributed by atoms with Crippen molar-refractivity contribution in [3.05, 3.63) is 86.8 Å². The fourth-order valence-electron chi connectivity index (χ4n) is 2.28. The van der Waals surface area contributed by atoms with Gasteiger partial charge in [0.05, 0.1) is 17.8 Å². The van der Waals surface area contributed by atoms with Gasteiger partial charge in [-0.15, -0.1) is 11.6 Å². The Balaban J connectivity index is 1.92. The van der Waals surface area contributed by atoms with Gasteiger partial charge in [0, 0.05) is 5.02 Å². The molecule has 0 bridgehead atoms. The number of rotatable bonds is 5. The van der Waals surface area contributed by atoms with Crippen LogP contribution < -0.4 is 10.3 Å². The third-order valence-corrected chi connectivity index (χ3v) is 4.42. The van der Waals surface area contributed by atoms with E-state index in [0.717, 1.165) is 5.56 Å². The molecule has 7 heteroatoms. The number of hydrogen-bond acceptors (Lipinski definition) is 3. The van der Waals surface area contributed by atoms with Gasteiger partial charge >= 0.3 is 0 Å². The summed E-state index contributed by atoms with van der Waals surface area (Å²) in [6, 6.07) is 16.2. The molecule has 1 atom stereocenters. The molecule has 1 aromatic heterocycles. The zero-order valence-electron chi connectivity index (χ0n) is 12.9. The lowest BCUT2D eigenvalue weighted by Crippen LogP contribution is -2.22. The van der Waals surface area contributed by atoms with Crippen molar-refractivity contribution in [2.75, 3.05) is 5.88 Å². The first-order valence-corrected chi connectivity index (χ1v) is 8.70. The maximum Gasteiger partial charge on any atom is 0.294 e. The van der Waals surface area contributed by atoms with Crippen molar-refractivity contribution < 1.29 is 4.74 Å². The van der Waals surface area contributed by atoms with E-state index in [9.17, 15) is 4.79 Å². The largest absolute Gasteiger partial charge is 0.481 e. The van der Waals surface area contributed by atoms with Crippen molar-refractivity contribution in [2.24, 2.45) is 0 Å². The minimum absolute atomic E-state index is 0.0593. The van der Waals surface area contributed by atoms with E-state index in [1.54, 1.807) is 24.3 Å². The Kier molecular flexibility index (Phi) is 5.63. The maximum atomic E-state index is 12.5. The topological polar surface area (TPSA) is 44.1 Å². The summed E-state index contributed by atoms with van der Waals surface area (Å²) in [6.07, 6.45) is 0.967. The maximum absolute atomic E-state index is 12.5. The molecule has 0 spiro atoms. The van der Waals surface area contributed by atoms with Crippen LogP contribution in [-0.4, -0.2) is 15.7 Å². The van der Waals surface area contributed by atoms with E-state index in [1.165, 1.54) is 10.9 Å². The van der Waals surface area contributed by atoms with Gasteiger partial charge in [-0.1, -0.05) is 53.5 Å². The predicted octanol–water partition coefficient (Wildman–Crippen LogP) is 4.90. The first-order valence-electron chi connectivity index (χ1n) is 7.41. The first-order chi connectivity index (χ1) is 12.1. The van der Waals surface area contributed by atoms with Crippen LogP contribution in [0.4, 0.5) is 0 Å². The average molecular weight is 396 g/mol. The normalized spacial score (nSPS) is 12.0. The highest BCUT2D eigenvalue weighted by Crippen LogP contribution is 2.27. The first kappa shape index (κ1) is 17.8. The number of aromatic nitrogens is 2. The Morgan fingerprint density at radius 1 is 1.04 bits per heavy atom. The SMILES string of the molecule is O=c1c(Cl)c(OC(CCl)c2ccccc2)cnn1-c1ccc(Cl)cc1. The highest BCUT2D eigenvalue weighted by Gasteiger charge is 2.17. The number of ether oxygens (including phenoxy) is 1. The molecule has 0 aliphatic rings. The number of benzene rings is 2. The van der Waals surface area contributed by atoms with Crippen LogP contribution in [0.1, 0.15) is 11.7 Å². The lowest BCUT2D eigenvalue weighted by Gasteiger charge is -2.18. The molecule has 2 aromatic carbocycles. The van der Waals surface area contributed by atoms with E-state index in [4.69, 9.17) is 39.5 Å². The molecule has 1 unspecified atom stereocenters. The van der Waals surface area contributed by atoms with Crippen molar-refractivity contribution in [1.29, 1.82) is 0 Å². The van der Waals surface area contributed by atoms with Gasteiger partial charge in [-0.05, 0) is 29.8 Å². The second kappa shape index (κ2) is 7.91. The van der Waals surface area contributed by atoms with Gasteiger partial charge in [-0.2, -0.15) is 9.78 Å². The van der Waals surface area contributed by atoms with E-state index in [2.05, 4.69) is 5.10 Å². The van der Waals surface area contributed by atoms with E-state index in [-0.39, 0.29) is 16.7 Å². The monoisotopic (exact) mass is 394 g/mol. The summed E-state index contributed by atoms with van der Waals surface area (Å²) in [4.78, 5) is 12.5. The van der Waals surface area contributed by atoms with Gasteiger partial charge in [0.15, 0.2) is 10.8 Å². The van der Waals surface area contributed by atoms with Crippen LogP contribution >= 0.6 is 34.8 Å². The molecule has 0 fully saturated rings. The summed E-state index contributed by atoms with van der Waals surface area (Å²) in [5.41, 5.74) is 0.957. The molecule has 0 aliphatic carbocycles. The Labute approximate surface area is 159 Å². The third-order valence-electron chi connectivity index (χ3n) is 3.54. The van der Waals surface area contributed by atoms with Gasteiger partial charge < -0.3 is 4.74 Å². The molecule has 0 N–H and O–H groups in total. The van der Waals surface area contributed by atoms with Crippen LogP contribution in [-0.2, 0) is 0 Å². The molecule has 0 radical (unpaired) electrons. The number of nitrogens with zero attached hydrogens (tertiary/aromatic N) is 2. The summed E-state index contributed by atoms with van der Waals surface area (Å²) < 4.78 is 6.99. The lowest BCUT2D eigenvalue weighted by molar-refractivity contribution is 0.228. The standard InChI is InChI=1S/C18H13Cl3N2O2/c19-10-15(12-4-2-1-3-5-12)25-16-11-22-23(18(24)17(16)21)14-8-6-13(20)7-9-14/h1-9,11,15H,10H2. The molecular formula is C18H13Cl3N2O2. The van der Waals surface area contributed by atoms with Crippen LogP contribution in [0.25, 0.3) is 5.69 Å². The molecule has 3 rings (SSSR count). The predicted molar refractivity (Wildman–Crippen MR) is 100 cm³/mol. The van der Waals surface area contributed by atoms with Crippen LogP contribution in [0.2, 0.25) is 10.0 Å². The van der Waals surface area contributed by atoms with Gasteiger partial charge in [0.1, 0.15) is 6.10 Å². The summed E-state index contributed by atoms with van der Waals surface area (Å²) in [5.74, 6) is 0.395. The molecule has 4 nitrogen and oxygen atoms in total. The minimum atomic E-state index is -0.483. The molecule has 3 aromatic rings. The zero-order valence-corrected chi connectivity index (χ0v) is 15.2. The Morgan fingerprint density at radius 2 is 1.72 bits per heavy atom. The lowest BCUT2D eigenvalue weighted by atomic mass is 10.1. The van der Waals surface area contributed by atoms with Crippen LogP contribution in [0.5, 0.6) is 5.75 Å². The Bertz CT molecular complexity index is 912. The molecular weight excluding hydrogens is 383 g/mol. The van der Waals surface area contributed by atoms with Gasteiger partial charge in [-0.3, -0.25) is 4.79 Å². The number of alkyl halides is 1. The number of halogens is 3. The molecule has 128 valence electrons. The van der Waals surface area contributed by atoms with E-state index in [0.29, 0.717) is 10.7 Å². The van der Waals surface area contributed by atoms with E-state index in [1.807, 2.05) is 30.3 Å². The number of hydrogen-bond donors (Lipinski definition) is 0. The van der Waals surface area contributed by atoms with Crippen molar-refractivity contribution in [1.82, 2.24) is 9.78 Å². The molecule has 25 heavy (non-hydrogen) atoms. The summed E-state index contributed by atoms with van der Waals surface area (Å²) in [5, 5.41) is 4.63. The Morgan fingerprint density at radius 3 is 2.36 bits per heavy atom. The molecule has 0 saturated heterocycles. The van der Waals surface area contributed by atoms with Gasteiger partial charge in [0.25, 0.3) is 5.56 Å². The molecule has 1 heterocycles. The Hall–Kier alpha value is -2.01. The fraction of sp³-hybridized carbons (Fsp3) is 0.111. The zero-order chi connectivity index (χ0) is 17.8. The highest BCUT2D eigenvalue weighted by atomic mass is 35.5. The van der Waals surface area contributed by atoms with Crippen molar-refractivity contribution >= 4 is 34.8 Å². The molecule has 0 saturated carbocycles. The van der Waals surface area contributed by atoms with E-state index < -0.39 is 11.7 Å². The van der Waals surface area contributed by atoms with Crippen molar-refractivity contribution in [2.45, 2.75) is 6.10 Å². The fourth-order valence-corrected chi connectivity index (χ4v) is 2.82. The third kappa shape index (κ3) is 3.98. The molecule has 0 amide bonds. The van der Waals surface area contributed by atoms with E-state index >= 15 is 0 Å². The quantitative estimate of drug-likeness (QED) is 0.577. The van der Waals surface area contributed by atoms with Gasteiger partial charge in [-0.25, -0.2) is 0 Å². The summed E-state index contributed by atoms with van der Waals surface area (Å²) >= 11 is 18.1. The average Bonchev–Trinajstić information content (AvgIpc) is 2.65. The van der Waals surface area contributed by atoms with Crippen LogP contribution in [0.3, 0.4) is 0 Å². The highest BCUT2D eigenvalue weighted by molar-refractivity contribution is 6.31. The van der Waals surface area contributed by atoms with Gasteiger partial charge in [0.2, 0.25) is 0 Å². The van der Waals surface area contributed by atoms with Crippen LogP contribution in [0.15, 0.2) is 65.6 Å². The summed E-state index contributed by atoms with van der Waals surface area (Å²) in [7, 11) is 0. The van der Waals surface area contributed by atoms with Crippen molar-refractivity contribution in [3.63, 3.8) is 0 Å². The summed E-state index contributed by atoms with van der Waals surface area (Å²) in [6.45, 7) is 0. The second-order valence-corrected chi connectivity index (χ2v) is 6.31. The van der Waals surface area contributed by atoms with Crippen LogP contribution in [0, 0.1) is 0 Å². The van der Waals surface area contributed by atoms with Crippen molar-refractivity contribution in [3.8, 4) is 11.4 Å². The second-order valence-electron chi connectivity index (χ2n) is 5.19. The minimum Gasteiger partial charge on any atom is -0.481 e. The smallest absolute Gasteiger partial charge is 0.294 e.